The zero-order valence-electron chi connectivity index (χ0n) is 10.6. The van der Waals surface area contributed by atoms with E-state index in [1.165, 1.54) is 0 Å². The number of benzene rings is 2. The number of H-pyrrole nitrogens is 1. The molecule has 1 heterocycles. The fourth-order valence-corrected chi connectivity index (χ4v) is 2.24. The number of nitrogens with one attached hydrogen (secondary N) is 2. The number of carbonyl (C=O) groups is 1. The van der Waals surface area contributed by atoms with Gasteiger partial charge < -0.3 is 10.3 Å². The van der Waals surface area contributed by atoms with Crippen LogP contribution in [0.2, 0.25) is 5.02 Å². The number of aromatic nitrogens is 2. The van der Waals surface area contributed by atoms with Crippen molar-refractivity contribution in [1.29, 1.82) is 0 Å². The lowest BCUT2D eigenvalue weighted by Crippen LogP contribution is -2.23. The molecule has 0 atom stereocenters. The first kappa shape index (κ1) is 12.7. The summed E-state index contributed by atoms with van der Waals surface area (Å²) in [6.45, 7) is 0.443. The van der Waals surface area contributed by atoms with Crippen molar-refractivity contribution < 1.29 is 4.79 Å². The molecule has 2 aromatic carbocycles. The van der Waals surface area contributed by atoms with Crippen LogP contribution < -0.4 is 5.32 Å². The molecule has 0 radical (unpaired) electrons. The first-order valence-corrected chi connectivity index (χ1v) is 6.56. The molecule has 0 bridgehead atoms. The van der Waals surface area contributed by atoms with E-state index in [0.29, 0.717) is 17.1 Å². The smallest absolute Gasteiger partial charge is 0.253 e. The number of fused-ring (bicyclic) bond motifs is 1. The van der Waals surface area contributed by atoms with Gasteiger partial charge in [-0.15, -0.1) is 0 Å². The molecule has 0 saturated heterocycles. The van der Waals surface area contributed by atoms with E-state index in [1.54, 1.807) is 30.6 Å². The molecule has 2 N–H and O–H groups in total. The first-order valence-electron chi connectivity index (χ1n) is 6.19. The molecule has 0 spiro atoms. The number of hydrogen-bond acceptors (Lipinski definition) is 2. The van der Waals surface area contributed by atoms with Crippen molar-refractivity contribution in [3.8, 4) is 0 Å². The molecule has 0 unspecified atom stereocenters. The van der Waals surface area contributed by atoms with E-state index in [0.717, 1.165) is 16.6 Å². The highest BCUT2D eigenvalue weighted by molar-refractivity contribution is 6.33. The number of aromatic amines is 1. The Labute approximate surface area is 120 Å². The number of halogens is 1. The predicted molar refractivity (Wildman–Crippen MR) is 78.7 cm³/mol. The van der Waals surface area contributed by atoms with Crippen molar-refractivity contribution in [2.24, 2.45) is 0 Å². The van der Waals surface area contributed by atoms with E-state index in [-0.39, 0.29) is 5.91 Å². The number of imidazole rings is 1. The summed E-state index contributed by atoms with van der Waals surface area (Å²) in [7, 11) is 0. The lowest BCUT2D eigenvalue weighted by molar-refractivity contribution is 0.0951. The third-order valence-corrected chi connectivity index (χ3v) is 3.39. The Bertz CT molecular complexity index is 766. The summed E-state index contributed by atoms with van der Waals surface area (Å²) < 4.78 is 0. The summed E-state index contributed by atoms with van der Waals surface area (Å²) in [5.41, 5.74) is 3.35. The molecule has 3 rings (SSSR count). The van der Waals surface area contributed by atoms with E-state index >= 15 is 0 Å². The largest absolute Gasteiger partial charge is 0.348 e. The maximum absolute atomic E-state index is 12.0. The molecule has 0 aliphatic rings. The molecule has 0 saturated carbocycles. The minimum atomic E-state index is -0.180. The maximum Gasteiger partial charge on any atom is 0.253 e. The monoisotopic (exact) mass is 285 g/mol. The summed E-state index contributed by atoms with van der Waals surface area (Å²) in [6, 6.07) is 12.8. The molecular formula is C15H12ClN3O. The van der Waals surface area contributed by atoms with Crippen LogP contribution in [0.4, 0.5) is 0 Å². The van der Waals surface area contributed by atoms with E-state index in [4.69, 9.17) is 11.6 Å². The Morgan fingerprint density at radius 2 is 2.10 bits per heavy atom. The predicted octanol–water partition coefficient (Wildman–Crippen LogP) is 3.15. The number of hydrogen-bond donors (Lipinski definition) is 2. The highest BCUT2D eigenvalue weighted by Gasteiger charge is 2.09. The van der Waals surface area contributed by atoms with Crippen LogP contribution in [0.25, 0.3) is 11.0 Å². The first-order chi connectivity index (χ1) is 9.74. The summed E-state index contributed by atoms with van der Waals surface area (Å²) in [5, 5.41) is 3.31. The highest BCUT2D eigenvalue weighted by Crippen LogP contribution is 2.15. The maximum atomic E-state index is 12.0. The van der Waals surface area contributed by atoms with Gasteiger partial charge in [0.05, 0.1) is 27.9 Å². The Morgan fingerprint density at radius 1 is 1.25 bits per heavy atom. The van der Waals surface area contributed by atoms with Gasteiger partial charge in [-0.05, 0) is 29.8 Å². The Balaban J connectivity index is 1.73. The Kier molecular flexibility index (Phi) is 3.39. The second-order valence-electron chi connectivity index (χ2n) is 4.42. The van der Waals surface area contributed by atoms with E-state index in [2.05, 4.69) is 15.3 Å². The van der Waals surface area contributed by atoms with Gasteiger partial charge in [0.1, 0.15) is 0 Å². The highest BCUT2D eigenvalue weighted by atomic mass is 35.5. The molecular weight excluding hydrogens is 274 g/mol. The fourth-order valence-electron chi connectivity index (χ4n) is 2.02. The van der Waals surface area contributed by atoms with Gasteiger partial charge in [-0.1, -0.05) is 29.8 Å². The molecule has 1 amide bonds. The van der Waals surface area contributed by atoms with Gasteiger partial charge in [0.15, 0.2) is 0 Å². The summed E-state index contributed by atoms with van der Waals surface area (Å²) in [4.78, 5) is 19.2. The Hall–Kier alpha value is -2.33. The molecule has 100 valence electrons. The topological polar surface area (TPSA) is 57.8 Å². The van der Waals surface area contributed by atoms with Crippen molar-refractivity contribution in [3.63, 3.8) is 0 Å². The van der Waals surface area contributed by atoms with Crippen LogP contribution in [0.15, 0.2) is 48.8 Å². The molecule has 3 aromatic rings. The second kappa shape index (κ2) is 5.35. The van der Waals surface area contributed by atoms with Gasteiger partial charge in [0.25, 0.3) is 5.91 Å². The third-order valence-electron chi connectivity index (χ3n) is 3.06. The van der Waals surface area contributed by atoms with Crippen molar-refractivity contribution in [1.82, 2.24) is 15.3 Å². The van der Waals surface area contributed by atoms with E-state index in [9.17, 15) is 4.79 Å². The fraction of sp³-hybridized carbons (Fsp3) is 0.0667. The average molecular weight is 286 g/mol. The van der Waals surface area contributed by atoms with Crippen molar-refractivity contribution in [2.45, 2.75) is 6.54 Å². The number of carbonyl (C=O) groups excluding carboxylic acids is 1. The SMILES string of the molecule is O=C(NCc1ccc2nc[nH]c2c1)c1ccccc1Cl. The van der Waals surface area contributed by atoms with Gasteiger partial charge in [-0.2, -0.15) is 0 Å². The number of rotatable bonds is 3. The van der Waals surface area contributed by atoms with Gasteiger partial charge in [-0.25, -0.2) is 4.98 Å². The van der Waals surface area contributed by atoms with Crippen LogP contribution in [0.1, 0.15) is 15.9 Å². The van der Waals surface area contributed by atoms with Gasteiger partial charge in [0.2, 0.25) is 0 Å². The van der Waals surface area contributed by atoms with Crippen molar-refractivity contribution >= 4 is 28.5 Å². The lowest BCUT2D eigenvalue weighted by atomic mass is 10.1. The molecule has 1 aromatic heterocycles. The minimum absolute atomic E-state index is 0.180. The molecule has 0 fully saturated rings. The standard InChI is InChI=1S/C15H12ClN3O/c16-12-4-2-1-3-11(12)15(20)17-8-10-5-6-13-14(7-10)19-9-18-13/h1-7,9H,8H2,(H,17,20)(H,18,19). The quantitative estimate of drug-likeness (QED) is 0.777. The van der Waals surface area contributed by atoms with E-state index in [1.807, 2.05) is 18.2 Å². The summed E-state index contributed by atoms with van der Waals surface area (Å²) in [5.74, 6) is -0.180. The van der Waals surface area contributed by atoms with Gasteiger partial charge in [-0.3, -0.25) is 4.79 Å². The third kappa shape index (κ3) is 2.51. The number of amides is 1. The van der Waals surface area contributed by atoms with Crippen LogP contribution in [0.5, 0.6) is 0 Å². The van der Waals surface area contributed by atoms with Crippen LogP contribution in [-0.4, -0.2) is 15.9 Å². The van der Waals surface area contributed by atoms with Crippen LogP contribution in [0.3, 0.4) is 0 Å². The zero-order valence-corrected chi connectivity index (χ0v) is 11.3. The number of nitrogens with zero attached hydrogens (tertiary/aromatic N) is 1. The molecule has 0 aliphatic heterocycles. The lowest BCUT2D eigenvalue weighted by Gasteiger charge is -2.06. The summed E-state index contributed by atoms with van der Waals surface area (Å²) in [6.07, 6.45) is 1.65. The van der Waals surface area contributed by atoms with Crippen molar-refractivity contribution in [2.75, 3.05) is 0 Å². The second-order valence-corrected chi connectivity index (χ2v) is 4.82. The molecule has 5 heteroatoms. The Morgan fingerprint density at radius 3 is 2.95 bits per heavy atom. The minimum Gasteiger partial charge on any atom is -0.348 e. The molecule has 20 heavy (non-hydrogen) atoms. The van der Waals surface area contributed by atoms with Crippen LogP contribution in [0, 0.1) is 0 Å². The van der Waals surface area contributed by atoms with E-state index < -0.39 is 0 Å². The normalized spacial score (nSPS) is 10.7. The van der Waals surface area contributed by atoms with Crippen molar-refractivity contribution in [3.05, 3.63) is 64.9 Å². The average Bonchev–Trinajstić information content (AvgIpc) is 2.92. The van der Waals surface area contributed by atoms with Gasteiger partial charge >= 0.3 is 0 Å². The molecule has 0 aliphatic carbocycles. The van der Waals surface area contributed by atoms with Crippen LogP contribution in [-0.2, 0) is 6.54 Å². The summed E-state index contributed by atoms with van der Waals surface area (Å²) >= 11 is 5.99. The molecule has 4 nitrogen and oxygen atoms in total. The zero-order chi connectivity index (χ0) is 13.9. The van der Waals surface area contributed by atoms with Crippen LogP contribution >= 0.6 is 11.6 Å². The van der Waals surface area contributed by atoms with Gasteiger partial charge in [0, 0.05) is 6.54 Å².